The summed E-state index contributed by atoms with van der Waals surface area (Å²) >= 11 is 0. The van der Waals surface area contributed by atoms with Gasteiger partial charge in [0.25, 0.3) is 0 Å². The van der Waals surface area contributed by atoms with Crippen molar-refractivity contribution in [1.82, 2.24) is 4.72 Å². The summed E-state index contributed by atoms with van der Waals surface area (Å²) in [5, 5.41) is 8.61. The lowest BCUT2D eigenvalue weighted by Gasteiger charge is -2.19. The third kappa shape index (κ3) is 5.47. The monoisotopic (exact) mass is 313 g/mol. The number of benzene rings is 1. The fraction of sp³-hybridized carbons (Fsp3) is 0.533. The zero-order valence-electron chi connectivity index (χ0n) is 12.9. The van der Waals surface area contributed by atoms with Crippen molar-refractivity contribution in [3.05, 3.63) is 29.8 Å². The van der Waals surface area contributed by atoms with E-state index in [4.69, 9.17) is 5.11 Å². The first-order valence-electron chi connectivity index (χ1n) is 6.87. The SMILES string of the molecule is CC(CCC(=O)O)NS(=O)(=O)c1ccc(C(C)(C)C)cc1. The summed E-state index contributed by atoms with van der Waals surface area (Å²) in [5.74, 6) is -0.935. The van der Waals surface area contributed by atoms with Crippen LogP contribution >= 0.6 is 0 Å². The molecular formula is C15H23NO4S. The van der Waals surface area contributed by atoms with Crippen LogP contribution in [0.3, 0.4) is 0 Å². The van der Waals surface area contributed by atoms with E-state index >= 15 is 0 Å². The number of nitrogens with one attached hydrogen (secondary N) is 1. The molecule has 0 fully saturated rings. The Hall–Kier alpha value is -1.40. The Balaban J connectivity index is 2.81. The summed E-state index contributed by atoms with van der Waals surface area (Å²) in [6.45, 7) is 7.83. The Morgan fingerprint density at radius 1 is 1.24 bits per heavy atom. The standard InChI is InChI=1S/C15H23NO4S/c1-11(5-10-14(17)18)16-21(19,20)13-8-6-12(7-9-13)15(2,3)4/h6-9,11,16H,5,10H2,1-4H3,(H,17,18). The van der Waals surface area contributed by atoms with Gasteiger partial charge in [-0.15, -0.1) is 0 Å². The zero-order valence-corrected chi connectivity index (χ0v) is 13.7. The molecule has 0 radical (unpaired) electrons. The van der Waals surface area contributed by atoms with Gasteiger partial charge < -0.3 is 5.11 Å². The Kier molecular flexibility index (Phi) is 5.53. The fourth-order valence-corrected chi connectivity index (χ4v) is 3.14. The molecule has 0 spiro atoms. The van der Waals surface area contributed by atoms with Crippen LogP contribution in [-0.4, -0.2) is 25.5 Å². The van der Waals surface area contributed by atoms with E-state index in [9.17, 15) is 13.2 Å². The van der Waals surface area contributed by atoms with Gasteiger partial charge in [-0.3, -0.25) is 4.79 Å². The van der Waals surface area contributed by atoms with Gasteiger partial charge in [0.2, 0.25) is 10.0 Å². The molecule has 0 aliphatic heterocycles. The minimum absolute atomic E-state index is 0.0372. The highest BCUT2D eigenvalue weighted by molar-refractivity contribution is 7.89. The van der Waals surface area contributed by atoms with E-state index in [0.29, 0.717) is 0 Å². The average Bonchev–Trinajstić information content (AvgIpc) is 2.35. The molecule has 21 heavy (non-hydrogen) atoms. The molecule has 0 saturated heterocycles. The van der Waals surface area contributed by atoms with Gasteiger partial charge in [-0.2, -0.15) is 0 Å². The van der Waals surface area contributed by atoms with Gasteiger partial charge in [0.05, 0.1) is 4.90 Å². The van der Waals surface area contributed by atoms with Crippen molar-refractivity contribution in [1.29, 1.82) is 0 Å². The van der Waals surface area contributed by atoms with E-state index in [0.717, 1.165) is 5.56 Å². The Morgan fingerprint density at radius 3 is 2.19 bits per heavy atom. The van der Waals surface area contributed by atoms with Crippen LogP contribution in [0.5, 0.6) is 0 Å². The van der Waals surface area contributed by atoms with Gasteiger partial charge >= 0.3 is 5.97 Å². The first-order valence-corrected chi connectivity index (χ1v) is 8.35. The summed E-state index contributed by atoms with van der Waals surface area (Å²) in [6.07, 6.45) is 0.196. The van der Waals surface area contributed by atoms with Crippen molar-refractivity contribution in [2.24, 2.45) is 0 Å². The van der Waals surface area contributed by atoms with Crippen molar-refractivity contribution >= 4 is 16.0 Å². The molecule has 0 amide bonds. The van der Waals surface area contributed by atoms with Crippen LogP contribution in [0, 0.1) is 0 Å². The normalized spacial score (nSPS) is 13.9. The second-order valence-electron chi connectivity index (χ2n) is 6.23. The smallest absolute Gasteiger partial charge is 0.303 e. The van der Waals surface area contributed by atoms with Crippen LogP contribution < -0.4 is 4.72 Å². The Bertz CT molecular complexity index is 585. The molecule has 1 atom stereocenters. The molecule has 5 nitrogen and oxygen atoms in total. The predicted molar refractivity (Wildman–Crippen MR) is 81.8 cm³/mol. The van der Waals surface area contributed by atoms with E-state index in [1.807, 2.05) is 0 Å². The van der Waals surface area contributed by atoms with Gasteiger partial charge in [0.1, 0.15) is 0 Å². The molecule has 0 bridgehead atoms. The quantitative estimate of drug-likeness (QED) is 0.845. The Morgan fingerprint density at radius 2 is 1.76 bits per heavy atom. The first-order chi connectivity index (χ1) is 9.52. The van der Waals surface area contributed by atoms with Gasteiger partial charge in [-0.1, -0.05) is 32.9 Å². The number of hydrogen-bond donors (Lipinski definition) is 2. The lowest BCUT2D eigenvalue weighted by Crippen LogP contribution is -2.33. The van der Waals surface area contributed by atoms with Crippen molar-refractivity contribution in [2.75, 3.05) is 0 Å². The molecular weight excluding hydrogens is 290 g/mol. The molecule has 0 aromatic heterocycles. The molecule has 1 rings (SSSR count). The van der Waals surface area contributed by atoms with Crippen LogP contribution in [-0.2, 0) is 20.2 Å². The number of aliphatic carboxylic acids is 1. The maximum Gasteiger partial charge on any atom is 0.303 e. The van der Waals surface area contributed by atoms with Crippen LogP contribution in [0.4, 0.5) is 0 Å². The van der Waals surface area contributed by atoms with Crippen molar-refractivity contribution < 1.29 is 18.3 Å². The Labute approximate surface area is 126 Å². The minimum atomic E-state index is -3.61. The lowest BCUT2D eigenvalue weighted by molar-refractivity contribution is -0.137. The number of carboxylic acids is 1. The molecule has 6 heteroatoms. The molecule has 118 valence electrons. The van der Waals surface area contributed by atoms with Gasteiger partial charge in [-0.05, 0) is 36.5 Å². The van der Waals surface area contributed by atoms with E-state index in [-0.39, 0.29) is 23.2 Å². The second kappa shape index (κ2) is 6.58. The van der Waals surface area contributed by atoms with Crippen molar-refractivity contribution in [2.45, 2.75) is 56.9 Å². The number of carbonyl (C=O) groups is 1. The van der Waals surface area contributed by atoms with Gasteiger partial charge in [0, 0.05) is 12.5 Å². The number of carboxylic acid groups (broad SMARTS) is 1. The molecule has 1 unspecified atom stereocenters. The summed E-state index contributed by atoms with van der Waals surface area (Å²) in [6, 6.07) is 6.33. The van der Waals surface area contributed by atoms with E-state index in [1.54, 1.807) is 31.2 Å². The largest absolute Gasteiger partial charge is 0.481 e. The van der Waals surface area contributed by atoms with Gasteiger partial charge in [-0.25, -0.2) is 13.1 Å². The summed E-state index contributed by atoms with van der Waals surface area (Å²) in [5.41, 5.74) is 1.02. The maximum atomic E-state index is 12.2. The molecule has 0 aliphatic carbocycles. The second-order valence-corrected chi connectivity index (χ2v) is 7.94. The fourth-order valence-electron chi connectivity index (χ4n) is 1.87. The highest BCUT2D eigenvalue weighted by Gasteiger charge is 2.19. The zero-order chi connectivity index (χ0) is 16.3. The van der Waals surface area contributed by atoms with Gasteiger partial charge in [0.15, 0.2) is 0 Å². The summed E-state index contributed by atoms with van der Waals surface area (Å²) < 4.78 is 26.9. The predicted octanol–water partition coefficient (Wildman–Crippen LogP) is 2.52. The molecule has 0 saturated carbocycles. The third-order valence-electron chi connectivity index (χ3n) is 3.18. The minimum Gasteiger partial charge on any atom is -0.481 e. The maximum absolute atomic E-state index is 12.2. The summed E-state index contributed by atoms with van der Waals surface area (Å²) in [4.78, 5) is 10.7. The van der Waals surface area contributed by atoms with Crippen LogP contribution in [0.25, 0.3) is 0 Å². The van der Waals surface area contributed by atoms with Crippen LogP contribution in [0.2, 0.25) is 0 Å². The van der Waals surface area contributed by atoms with Crippen molar-refractivity contribution in [3.8, 4) is 0 Å². The highest BCUT2D eigenvalue weighted by atomic mass is 32.2. The summed E-state index contributed by atoms with van der Waals surface area (Å²) in [7, 11) is -3.61. The number of rotatable bonds is 6. The molecule has 2 N–H and O–H groups in total. The topological polar surface area (TPSA) is 83.5 Å². The first kappa shape index (κ1) is 17.7. The molecule has 0 heterocycles. The van der Waals surface area contributed by atoms with E-state index in [1.165, 1.54) is 0 Å². The van der Waals surface area contributed by atoms with Crippen LogP contribution in [0.1, 0.15) is 46.1 Å². The third-order valence-corrected chi connectivity index (χ3v) is 4.78. The molecule has 0 aliphatic rings. The van der Waals surface area contributed by atoms with Crippen LogP contribution in [0.15, 0.2) is 29.2 Å². The lowest BCUT2D eigenvalue weighted by atomic mass is 9.87. The molecule has 1 aromatic carbocycles. The van der Waals surface area contributed by atoms with E-state index in [2.05, 4.69) is 25.5 Å². The average molecular weight is 313 g/mol. The number of sulfonamides is 1. The molecule has 1 aromatic rings. The number of hydrogen-bond acceptors (Lipinski definition) is 3. The van der Waals surface area contributed by atoms with E-state index < -0.39 is 22.0 Å². The van der Waals surface area contributed by atoms with Crippen molar-refractivity contribution in [3.63, 3.8) is 0 Å². The highest BCUT2D eigenvalue weighted by Crippen LogP contribution is 2.23.